The van der Waals surface area contributed by atoms with Crippen molar-refractivity contribution in [1.82, 2.24) is 4.90 Å². The van der Waals surface area contributed by atoms with E-state index >= 15 is 0 Å². The summed E-state index contributed by atoms with van der Waals surface area (Å²) in [5.41, 5.74) is 0. The van der Waals surface area contributed by atoms with E-state index in [0.717, 1.165) is 23.7 Å². The Kier molecular flexibility index (Phi) is 4.02. The van der Waals surface area contributed by atoms with Gasteiger partial charge in [0.25, 0.3) is 0 Å². The summed E-state index contributed by atoms with van der Waals surface area (Å²) in [5, 5.41) is 0.533. The highest BCUT2D eigenvalue weighted by molar-refractivity contribution is 8.00. The van der Waals surface area contributed by atoms with Crippen LogP contribution < -0.4 is 0 Å². The van der Waals surface area contributed by atoms with Gasteiger partial charge in [-0.05, 0) is 6.42 Å². The lowest BCUT2D eigenvalue weighted by Gasteiger charge is -2.24. The van der Waals surface area contributed by atoms with Crippen LogP contribution in [0.25, 0.3) is 0 Å². The lowest BCUT2D eigenvalue weighted by atomic mass is 10.4. The molecule has 0 radical (unpaired) electrons. The van der Waals surface area contributed by atoms with Gasteiger partial charge in [0.15, 0.2) is 0 Å². The third kappa shape index (κ3) is 2.26. The van der Waals surface area contributed by atoms with Crippen LogP contribution in [0.2, 0.25) is 0 Å². The Labute approximate surface area is 83.3 Å². The fourth-order valence-corrected chi connectivity index (χ4v) is 3.05. The van der Waals surface area contributed by atoms with E-state index in [1.165, 1.54) is 5.75 Å². The van der Waals surface area contributed by atoms with Gasteiger partial charge >= 0.3 is 0 Å². The van der Waals surface area contributed by atoms with Gasteiger partial charge in [-0.25, -0.2) is 0 Å². The second kappa shape index (κ2) is 4.58. The molecule has 1 unspecified atom stereocenters. The topological polar surface area (TPSA) is 3.24 Å². The van der Waals surface area contributed by atoms with Gasteiger partial charge in [-0.2, -0.15) is 12.6 Å². The van der Waals surface area contributed by atoms with Gasteiger partial charge in [-0.3, -0.25) is 0 Å². The first kappa shape index (κ1) is 9.68. The summed E-state index contributed by atoms with van der Waals surface area (Å²) in [6.45, 7) is 3.23. The third-order valence-electron chi connectivity index (χ3n) is 1.77. The van der Waals surface area contributed by atoms with Crippen LogP contribution in [0, 0.1) is 0 Å². The monoisotopic (exact) mass is 207 g/mol. The minimum absolute atomic E-state index is 0.533. The lowest BCUT2D eigenvalue weighted by molar-refractivity contribution is 0.466. The maximum atomic E-state index is 5.24. The highest BCUT2D eigenvalue weighted by atomic mass is 32.2. The highest BCUT2D eigenvalue weighted by Gasteiger charge is 2.24. The molecule has 0 aliphatic carbocycles. The molecule has 0 saturated carbocycles. The molecule has 0 aromatic carbocycles. The molecular formula is C7H13NS3. The summed E-state index contributed by atoms with van der Waals surface area (Å²) in [6, 6.07) is 0. The molecule has 1 saturated heterocycles. The number of hydrogen-bond acceptors (Lipinski definition) is 3. The zero-order valence-corrected chi connectivity index (χ0v) is 9.14. The minimum Gasteiger partial charge on any atom is -0.353 e. The van der Waals surface area contributed by atoms with Gasteiger partial charge in [-0.15, -0.1) is 11.8 Å². The predicted molar refractivity (Wildman–Crippen MR) is 59.7 cm³/mol. The summed E-state index contributed by atoms with van der Waals surface area (Å²) < 4.78 is 0. The Morgan fingerprint density at radius 3 is 3.09 bits per heavy atom. The average Bonchev–Trinajstić information content (AvgIpc) is 2.50. The van der Waals surface area contributed by atoms with Crippen LogP contribution in [0.5, 0.6) is 0 Å². The Hall–Kier alpha value is 0.590. The van der Waals surface area contributed by atoms with Crippen LogP contribution in [0.3, 0.4) is 0 Å². The van der Waals surface area contributed by atoms with E-state index in [2.05, 4.69) is 24.5 Å². The highest BCUT2D eigenvalue weighted by Crippen LogP contribution is 2.25. The number of thioether (sulfide) groups is 1. The van der Waals surface area contributed by atoms with E-state index in [-0.39, 0.29) is 0 Å². The molecule has 0 N–H and O–H groups in total. The van der Waals surface area contributed by atoms with Crippen LogP contribution in [0.4, 0.5) is 0 Å². The number of hydrogen-bond donors (Lipinski definition) is 1. The van der Waals surface area contributed by atoms with E-state index in [9.17, 15) is 0 Å². The largest absolute Gasteiger partial charge is 0.353 e. The lowest BCUT2D eigenvalue weighted by Crippen LogP contribution is -2.33. The van der Waals surface area contributed by atoms with Crippen molar-refractivity contribution in [2.24, 2.45) is 0 Å². The van der Waals surface area contributed by atoms with E-state index < -0.39 is 0 Å². The Balaban J connectivity index is 2.49. The van der Waals surface area contributed by atoms with Crippen molar-refractivity contribution >= 4 is 41.6 Å². The van der Waals surface area contributed by atoms with Crippen LogP contribution in [-0.4, -0.2) is 33.3 Å². The van der Waals surface area contributed by atoms with E-state index in [0.29, 0.717) is 5.37 Å². The van der Waals surface area contributed by atoms with E-state index in [1.54, 1.807) is 0 Å². The van der Waals surface area contributed by atoms with Crippen LogP contribution in [-0.2, 0) is 0 Å². The van der Waals surface area contributed by atoms with Crippen molar-refractivity contribution in [1.29, 1.82) is 0 Å². The molecule has 1 rings (SSSR count). The molecule has 0 amide bonds. The number of nitrogens with zero attached hydrogens (tertiary/aromatic N) is 1. The molecule has 1 atom stereocenters. The van der Waals surface area contributed by atoms with Gasteiger partial charge in [-0.1, -0.05) is 19.1 Å². The summed E-state index contributed by atoms with van der Waals surface area (Å²) in [4.78, 5) is 3.39. The molecule has 1 fully saturated rings. The Morgan fingerprint density at radius 2 is 2.55 bits per heavy atom. The minimum atomic E-state index is 0.533. The van der Waals surface area contributed by atoms with Crippen molar-refractivity contribution in [3.63, 3.8) is 0 Å². The first-order chi connectivity index (χ1) is 5.29. The third-order valence-corrected chi connectivity index (χ3v) is 4.11. The van der Waals surface area contributed by atoms with Crippen molar-refractivity contribution in [3.05, 3.63) is 0 Å². The standard InChI is InChI=1S/C7H13NS3/c1-2-6(10)8-3-4-11-7(8)5-9/h7,9H,2-5H2,1H3. The zero-order valence-electron chi connectivity index (χ0n) is 6.62. The molecule has 0 aromatic rings. The van der Waals surface area contributed by atoms with Gasteiger partial charge in [0.05, 0.1) is 10.4 Å². The van der Waals surface area contributed by atoms with Crippen molar-refractivity contribution in [2.75, 3.05) is 18.1 Å². The van der Waals surface area contributed by atoms with Gasteiger partial charge in [0, 0.05) is 18.1 Å². The first-order valence-electron chi connectivity index (χ1n) is 3.81. The SMILES string of the molecule is CCC(=S)N1CCSC1CS. The van der Waals surface area contributed by atoms with E-state index in [1.807, 2.05) is 11.8 Å². The van der Waals surface area contributed by atoms with Crippen LogP contribution in [0.1, 0.15) is 13.3 Å². The molecule has 1 nitrogen and oxygen atoms in total. The van der Waals surface area contributed by atoms with E-state index in [4.69, 9.17) is 12.2 Å². The van der Waals surface area contributed by atoms with Gasteiger partial charge in [0.1, 0.15) is 0 Å². The summed E-state index contributed by atoms with van der Waals surface area (Å²) in [7, 11) is 0. The maximum Gasteiger partial charge on any atom is 0.0844 e. The molecule has 11 heavy (non-hydrogen) atoms. The summed E-state index contributed by atoms with van der Waals surface area (Å²) >= 11 is 11.5. The molecule has 4 heteroatoms. The summed E-state index contributed by atoms with van der Waals surface area (Å²) in [5.74, 6) is 2.11. The zero-order chi connectivity index (χ0) is 8.27. The van der Waals surface area contributed by atoms with Gasteiger partial charge in [0.2, 0.25) is 0 Å². The second-order valence-electron chi connectivity index (χ2n) is 2.45. The normalized spacial score (nSPS) is 24.2. The smallest absolute Gasteiger partial charge is 0.0844 e. The number of thiocarbonyl (C=S) groups is 1. The fourth-order valence-electron chi connectivity index (χ4n) is 1.16. The molecule has 64 valence electrons. The van der Waals surface area contributed by atoms with Crippen LogP contribution >= 0.6 is 36.6 Å². The van der Waals surface area contributed by atoms with Crippen molar-refractivity contribution in [2.45, 2.75) is 18.7 Å². The molecule has 0 spiro atoms. The Morgan fingerprint density at radius 1 is 1.82 bits per heavy atom. The molecule has 1 aliphatic heterocycles. The number of rotatable bonds is 2. The second-order valence-corrected chi connectivity index (χ2v) is 4.57. The Bertz CT molecular complexity index is 149. The molecule has 1 aliphatic rings. The summed E-state index contributed by atoms with van der Waals surface area (Å²) in [6.07, 6.45) is 0.986. The van der Waals surface area contributed by atoms with Crippen molar-refractivity contribution < 1.29 is 0 Å². The number of thiol groups is 1. The van der Waals surface area contributed by atoms with Crippen LogP contribution in [0.15, 0.2) is 0 Å². The van der Waals surface area contributed by atoms with Gasteiger partial charge < -0.3 is 4.90 Å². The molecular weight excluding hydrogens is 194 g/mol. The van der Waals surface area contributed by atoms with Crippen molar-refractivity contribution in [3.8, 4) is 0 Å². The molecule has 0 aromatic heterocycles. The maximum absolute atomic E-state index is 5.24. The average molecular weight is 207 g/mol. The molecule has 0 bridgehead atoms. The first-order valence-corrected chi connectivity index (χ1v) is 5.90. The molecule has 1 heterocycles. The predicted octanol–water partition coefficient (Wildman–Crippen LogP) is 2.03. The quantitative estimate of drug-likeness (QED) is 0.545. The fraction of sp³-hybridized carbons (Fsp3) is 0.857.